The van der Waals surface area contributed by atoms with E-state index in [-0.39, 0.29) is 11.8 Å². The van der Waals surface area contributed by atoms with Crippen molar-refractivity contribution in [2.75, 3.05) is 18.0 Å². The van der Waals surface area contributed by atoms with Gasteiger partial charge in [-0.1, -0.05) is 34.1 Å². The van der Waals surface area contributed by atoms with Crippen LogP contribution in [0.3, 0.4) is 0 Å². The van der Waals surface area contributed by atoms with Crippen LogP contribution in [0.4, 0.5) is 5.69 Å². The van der Waals surface area contributed by atoms with Gasteiger partial charge in [0.25, 0.3) is 5.91 Å². The third-order valence-corrected chi connectivity index (χ3v) is 5.35. The summed E-state index contributed by atoms with van der Waals surface area (Å²) < 4.78 is 0.853. The molecule has 0 radical (unpaired) electrons. The first-order valence-corrected chi connectivity index (χ1v) is 9.13. The van der Waals surface area contributed by atoms with Crippen LogP contribution in [0.2, 0.25) is 0 Å². The van der Waals surface area contributed by atoms with Gasteiger partial charge >= 0.3 is 0 Å². The molecule has 0 aromatic heterocycles. The number of halogens is 1. The number of piperazine rings is 1. The molecule has 5 heteroatoms. The summed E-state index contributed by atoms with van der Waals surface area (Å²) in [5.74, 6) is -0.147. The number of nitrogens with zero attached hydrogens (tertiary/aromatic N) is 2. The SMILES string of the molecule is Cc1cccc(N2CCN(C(=O)c3cccc(Br)c3)C(C)C2=O)c1C. The molecule has 2 amide bonds. The summed E-state index contributed by atoms with van der Waals surface area (Å²) in [5, 5.41) is 0. The molecule has 0 aliphatic carbocycles. The molecule has 1 aliphatic heterocycles. The standard InChI is InChI=1S/C20H21BrN2O2/c1-13-6-4-9-18(14(13)2)23-11-10-22(15(3)19(23)24)20(25)16-7-5-8-17(21)12-16/h4-9,12,15H,10-11H2,1-3H3. The zero-order valence-corrected chi connectivity index (χ0v) is 16.2. The highest BCUT2D eigenvalue weighted by atomic mass is 79.9. The van der Waals surface area contributed by atoms with E-state index < -0.39 is 6.04 Å². The molecule has 0 N–H and O–H groups in total. The summed E-state index contributed by atoms with van der Waals surface area (Å²) in [5.41, 5.74) is 3.79. The van der Waals surface area contributed by atoms with Crippen LogP contribution in [-0.4, -0.2) is 35.8 Å². The Morgan fingerprint density at radius 3 is 2.56 bits per heavy atom. The van der Waals surface area contributed by atoms with E-state index in [2.05, 4.69) is 15.9 Å². The van der Waals surface area contributed by atoms with Gasteiger partial charge < -0.3 is 9.80 Å². The summed E-state index contributed by atoms with van der Waals surface area (Å²) in [6.07, 6.45) is 0. The van der Waals surface area contributed by atoms with E-state index in [4.69, 9.17) is 0 Å². The van der Waals surface area contributed by atoms with Crippen molar-refractivity contribution in [3.63, 3.8) is 0 Å². The number of anilines is 1. The lowest BCUT2D eigenvalue weighted by molar-refractivity contribution is -0.124. The fraction of sp³-hybridized carbons (Fsp3) is 0.300. The maximum absolute atomic E-state index is 12.9. The highest BCUT2D eigenvalue weighted by Crippen LogP contribution is 2.27. The molecule has 130 valence electrons. The molecule has 2 aromatic rings. The van der Waals surface area contributed by atoms with Crippen LogP contribution in [0, 0.1) is 13.8 Å². The van der Waals surface area contributed by atoms with E-state index in [1.165, 1.54) is 0 Å². The molecule has 1 atom stereocenters. The molecule has 0 bridgehead atoms. The van der Waals surface area contributed by atoms with Crippen molar-refractivity contribution < 1.29 is 9.59 Å². The van der Waals surface area contributed by atoms with Gasteiger partial charge in [0.2, 0.25) is 5.91 Å². The Balaban J connectivity index is 1.84. The third-order valence-electron chi connectivity index (χ3n) is 4.85. The molecule has 1 unspecified atom stereocenters. The first kappa shape index (κ1) is 17.7. The van der Waals surface area contributed by atoms with E-state index in [0.29, 0.717) is 18.7 Å². The van der Waals surface area contributed by atoms with Gasteiger partial charge in [-0.3, -0.25) is 9.59 Å². The van der Waals surface area contributed by atoms with Gasteiger partial charge in [0.05, 0.1) is 0 Å². The molecule has 1 aliphatic rings. The maximum Gasteiger partial charge on any atom is 0.254 e. The van der Waals surface area contributed by atoms with Crippen molar-refractivity contribution in [2.45, 2.75) is 26.8 Å². The van der Waals surface area contributed by atoms with Crippen LogP contribution < -0.4 is 4.90 Å². The molecular weight excluding hydrogens is 380 g/mol. The molecule has 2 aromatic carbocycles. The fourth-order valence-corrected chi connectivity index (χ4v) is 3.60. The van der Waals surface area contributed by atoms with Crippen molar-refractivity contribution in [3.8, 4) is 0 Å². The third kappa shape index (κ3) is 3.33. The molecule has 1 fully saturated rings. The number of carbonyl (C=O) groups excluding carboxylic acids is 2. The minimum atomic E-state index is -0.486. The number of hydrogen-bond donors (Lipinski definition) is 0. The van der Waals surface area contributed by atoms with Crippen molar-refractivity contribution in [3.05, 3.63) is 63.6 Å². The summed E-state index contributed by atoms with van der Waals surface area (Å²) in [4.78, 5) is 29.2. The minimum absolute atomic E-state index is 0.0386. The van der Waals surface area contributed by atoms with Crippen molar-refractivity contribution >= 4 is 33.4 Å². The normalized spacial score (nSPS) is 17.8. The topological polar surface area (TPSA) is 40.6 Å². The largest absolute Gasteiger partial charge is 0.325 e. The fourth-order valence-electron chi connectivity index (χ4n) is 3.20. The molecule has 1 saturated heterocycles. The summed E-state index contributed by atoms with van der Waals surface area (Å²) in [6, 6.07) is 12.8. The van der Waals surface area contributed by atoms with Gasteiger partial charge in [0, 0.05) is 28.8 Å². The van der Waals surface area contributed by atoms with Gasteiger partial charge in [0.15, 0.2) is 0 Å². The van der Waals surface area contributed by atoms with E-state index in [9.17, 15) is 9.59 Å². The van der Waals surface area contributed by atoms with Crippen molar-refractivity contribution in [2.24, 2.45) is 0 Å². The van der Waals surface area contributed by atoms with Gasteiger partial charge in [-0.15, -0.1) is 0 Å². The zero-order valence-electron chi connectivity index (χ0n) is 14.6. The lowest BCUT2D eigenvalue weighted by atomic mass is 10.0. The van der Waals surface area contributed by atoms with Crippen LogP contribution in [0.15, 0.2) is 46.9 Å². The van der Waals surface area contributed by atoms with E-state index >= 15 is 0 Å². The second-order valence-corrected chi connectivity index (χ2v) is 7.31. The number of aryl methyl sites for hydroxylation is 1. The van der Waals surface area contributed by atoms with E-state index in [0.717, 1.165) is 21.3 Å². The first-order valence-electron chi connectivity index (χ1n) is 8.34. The van der Waals surface area contributed by atoms with Gasteiger partial charge in [-0.25, -0.2) is 0 Å². The van der Waals surface area contributed by atoms with Gasteiger partial charge in [-0.2, -0.15) is 0 Å². The Morgan fingerprint density at radius 1 is 1.12 bits per heavy atom. The van der Waals surface area contributed by atoms with Crippen LogP contribution in [0.1, 0.15) is 28.4 Å². The Hall–Kier alpha value is -2.14. The monoisotopic (exact) mass is 400 g/mol. The number of rotatable bonds is 2. The molecule has 0 saturated carbocycles. The molecule has 4 nitrogen and oxygen atoms in total. The maximum atomic E-state index is 12.9. The van der Waals surface area contributed by atoms with Crippen LogP contribution in [-0.2, 0) is 4.79 Å². The van der Waals surface area contributed by atoms with Crippen LogP contribution >= 0.6 is 15.9 Å². The molecular formula is C20H21BrN2O2. The van der Waals surface area contributed by atoms with Crippen molar-refractivity contribution in [1.82, 2.24) is 4.90 Å². The van der Waals surface area contributed by atoms with Crippen LogP contribution in [0.5, 0.6) is 0 Å². The molecule has 1 heterocycles. The smallest absolute Gasteiger partial charge is 0.254 e. The Morgan fingerprint density at radius 2 is 1.84 bits per heavy atom. The number of amides is 2. The minimum Gasteiger partial charge on any atom is -0.325 e. The Kier molecular flexibility index (Phi) is 4.95. The highest BCUT2D eigenvalue weighted by Gasteiger charge is 2.35. The lowest BCUT2D eigenvalue weighted by Gasteiger charge is -2.39. The molecule has 25 heavy (non-hydrogen) atoms. The number of hydrogen-bond acceptors (Lipinski definition) is 2. The number of benzene rings is 2. The predicted molar refractivity (Wildman–Crippen MR) is 103 cm³/mol. The second-order valence-electron chi connectivity index (χ2n) is 6.39. The summed E-state index contributed by atoms with van der Waals surface area (Å²) in [7, 11) is 0. The first-order chi connectivity index (χ1) is 11.9. The quantitative estimate of drug-likeness (QED) is 0.765. The predicted octanol–water partition coefficient (Wildman–Crippen LogP) is 3.94. The Bertz CT molecular complexity index is 834. The zero-order chi connectivity index (χ0) is 18.1. The number of carbonyl (C=O) groups is 2. The van der Waals surface area contributed by atoms with Gasteiger partial charge in [-0.05, 0) is 56.2 Å². The van der Waals surface area contributed by atoms with E-state index in [1.54, 1.807) is 28.9 Å². The Labute approximate surface area is 156 Å². The summed E-state index contributed by atoms with van der Waals surface area (Å²) >= 11 is 3.39. The van der Waals surface area contributed by atoms with Gasteiger partial charge in [0.1, 0.15) is 6.04 Å². The average molecular weight is 401 g/mol. The van der Waals surface area contributed by atoms with Crippen molar-refractivity contribution in [1.29, 1.82) is 0 Å². The van der Waals surface area contributed by atoms with Crippen LogP contribution in [0.25, 0.3) is 0 Å². The van der Waals surface area contributed by atoms with E-state index in [1.807, 2.05) is 44.2 Å². The highest BCUT2D eigenvalue weighted by molar-refractivity contribution is 9.10. The summed E-state index contributed by atoms with van der Waals surface area (Å²) in [6.45, 7) is 6.90. The lowest BCUT2D eigenvalue weighted by Crippen LogP contribution is -2.58. The molecule has 3 rings (SSSR count). The molecule has 0 spiro atoms. The average Bonchev–Trinajstić information content (AvgIpc) is 2.59. The second kappa shape index (κ2) is 7.00.